The van der Waals surface area contributed by atoms with E-state index >= 15 is 0 Å². The van der Waals surface area contributed by atoms with Crippen molar-refractivity contribution < 1.29 is 5.11 Å². The van der Waals surface area contributed by atoms with Gasteiger partial charge in [0.15, 0.2) is 0 Å². The maximum absolute atomic E-state index is 10.0. The summed E-state index contributed by atoms with van der Waals surface area (Å²) < 4.78 is 2.14. The molecule has 3 nitrogen and oxygen atoms in total. The van der Waals surface area contributed by atoms with Crippen LogP contribution in [-0.2, 0) is 19.4 Å². The predicted octanol–water partition coefficient (Wildman–Crippen LogP) is 1.92. The van der Waals surface area contributed by atoms with Gasteiger partial charge in [-0.3, -0.25) is 0 Å². The van der Waals surface area contributed by atoms with E-state index in [-0.39, 0.29) is 0 Å². The highest BCUT2D eigenvalue weighted by atomic mass is 16.3. The van der Waals surface area contributed by atoms with E-state index in [1.807, 2.05) is 20.2 Å². The summed E-state index contributed by atoms with van der Waals surface area (Å²) in [6.07, 6.45) is 7.41. The number of aliphatic hydroxyl groups is 1. The molecule has 0 fully saturated rings. The molecule has 0 saturated heterocycles. The maximum Gasteiger partial charge on any atom is 0.0952 e. The number of hydrogen-bond acceptors (Lipinski definition) is 2. The van der Waals surface area contributed by atoms with Gasteiger partial charge in [0.1, 0.15) is 0 Å². The summed E-state index contributed by atoms with van der Waals surface area (Å²) in [7, 11) is 0. The van der Waals surface area contributed by atoms with E-state index < -0.39 is 5.60 Å². The molecule has 15 heavy (non-hydrogen) atoms. The van der Waals surface area contributed by atoms with Crippen molar-refractivity contribution in [3.05, 3.63) is 17.7 Å². The molecule has 1 atom stereocenters. The third kappa shape index (κ3) is 2.23. The molecular formula is C12H20N2O. The number of aromatic nitrogens is 2. The molecule has 1 aliphatic carbocycles. The molecule has 1 N–H and O–H groups in total. The Labute approximate surface area is 91.1 Å². The Morgan fingerprint density at radius 2 is 2.20 bits per heavy atom. The second kappa shape index (κ2) is 3.97. The van der Waals surface area contributed by atoms with Gasteiger partial charge in [0.05, 0.1) is 24.2 Å². The molecule has 0 radical (unpaired) electrons. The summed E-state index contributed by atoms with van der Waals surface area (Å²) in [4.78, 5) is 4.43. The molecule has 0 amide bonds. The van der Waals surface area contributed by atoms with Gasteiger partial charge in [-0.25, -0.2) is 4.98 Å². The summed E-state index contributed by atoms with van der Waals surface area (Å²) in [6, 6.07) is 0. The second-order valence-electron chi connectivity index (χ2n) is 4.82. The minimum Gasteiger partial charge on any atom is -0.388 e. The van der Waals surface area contributed by atoms with Crippen molar-refractivity contribution in [3.8, 4) is 0 Å². The van der Waals surface area contributed by atoms with E-state index in [2.05, 4.69) is 9.55 Å². The van der Waals surface area contributed by atoms with Crippen LogP contribution in [0.25, 0.3) is 0 Å². The summed E-state index contributed by atoms with van der Waals surface area (Å²) in [5.74, 6) is 0. The van der Waals surface area contributed by atoms with Crippen LogP contribution in [0.4, 0.5) is 0 Å². The van der Waals surface area contributed by atoms with Crippen LogP contribution >= 0.6 is 0 Å². The lowest BCUT2D eigenvalue weighted by molar-refractivity contribution is 0.0371. The van der Waals surface area contributed by atoms with Crippen molar-refractivity contribution in [1.82, 2.24) is 9.55 Å². The zero-order valence-corrected chi connectivity index (χ0v) is 9.66. The Morgan fingerprint density at radius 1 is 1.47 bits per heavy atom. The van der Waals surface area contributed by atoms with Crippen molar-refractivity contribution >= 4 is 0 Å². The number of fused-ring (bicyclic) bond motifs is 1. The van der Waals surface area contributed by atoms with Crippen LogP contribution in [0.15, 0.2) is 6.33 Å². The van der Waals surface area contributed by atoms with Gasteiger partial charge in [-0.05, 0) is 39.0 Å². The van der Waals surface area contributed by atoms with Crippen molar-refractivity contribution in [2.24, 2.45) is 0 Å². The molecular weight excluding hydrogens is 188 g/mol. The van der Waals surface area contributed by atoms with Crippen LogP contribution in [0.5, 0.6) is 0 Å². The SMILES string of the molecule is CCC(C)(O)Cn1cnc2c1CCCC2. The quantitative estimate of drug-likeness (QED) is 0.824. The zero-order chi connectivity index (χ0) is 10.9. The molecule has 1 aromatic rings. The highest BCUT2D eigenvalue weighted by Gasteiger charge is 2.22. The number of hydrogen-bond donors (Lipinski definition) is 1. The Bertz CT molecular complexity index is 341. The van der Waals surface area contributed by atoms with E-state index in [0.29, 0.717) is 6.54 Å². The first-order valence-electron chi connectivity index (χ1n) is 5.87. The minimum atomic E-state index is -0.605. The van der Waals surface area contributed by atoms with Crippen LogP contribution in [0.3, 0.4) is 0 Å². The highest BCUT2D eigenvalue weighted by Crippen LogP contribution is 2.22. The second-order valence-corrected chi connectivity index (χ2v) is 4.82. The van der Waals surface area contributed by atoms with Crippen molar-refractivity contribution in [2.75, 3.05) is 0 Å². The normalized spacial score (nSPS) is 19.7. The molecule has 0 saturated carbocycles. The topological polar surface area (TPSA) is 38.0 Å². The Balaban J connectivity index is 2.19. The van der Waals surface area contributed by atoms with Crippen LogP contribution in [0, 0.1) is 0 Å². The van der Waals surface area contributed by atoms with Crippen LogP contribution in [-0.4, -0.2) is 20.3 Å². The largest absolute Gasteiger partial charge is 0.388 e. The van der Waals surface area contributed by atoms with Crippen molar-refractivity contribution in [2.45, 2.75) is 58.1 Å². The average Bonchev–Trinajstić information content (AvgIpc) is 2.62. The standard InChI is InChI=1S/C12H20N2O/c1-3-12(2,15)8-14-9-13-10-6-4-5-7-11(10)14/h9,15H,3-8H2,1-2H3. The molecule has 1 heterocycles. The Kier molecular flexibility index (Phi) is 2.83. The summed E-state index contributed by atoms with van der Waals surface area (Å²) >= 11 is 0. The molecule has 1 unspecified atom stereocenters. The third-order valence-corrected chi connectivity index (χ3v) is 3.38. The summed E-state index contributed by atoms with van der Waals surface area (Å²) in [6.45, 7) is 4.58. The lowest BCUT2D eigenvalue weighted by Crippen LogP contribution is -2.30. The first-order valence-corrected chi connectivity index (χ1v) is 5.87. The first-order chi connectivity index (χ1) is 7.12. The van der Waals surface area contributed by atoms with E-state index in [9.17, 15) is 5.11 Å². The number of rotatable bonds is 3. The van der Waals surface area contributed by atoms with Gasteiger partial charge < -0.3 is 9.67 Å². The summed E-state index contributed by atoms with van der Waals surface area (Å²) in [5.41, 5.74) is 1.98. The van der Waals surface area contributed by atoms with Gasteiger partial charge in [-0.2, -0.15) is 0 Å². The molecule has 0 bridgehead atoms. The van der Waals surface area contributed by atoms with E-state index in [4.69, 9.17) is 0 Å². The van der Waals surface area contributed by atoms with Gasteiger partial charge in [0.2, 0.25) is 0 Å². The predicted molar refractivity (Wildman–Crippen MR) is 59.8 cm³/mol. The molecule has 1 aromatic heterocycles. The average molecular weight is 208 g/mol. The molecule has 0 aromatic carbocycles. The van der Waals surface area contributed by atoms with Gasteiger partial charge in [0, 0.05) is 5.69 Å². The molecule has 1 aliphatic rings. The molecule has 0 aliphatic heterocycles. The zero-order valence-electron chi connectivity index (χ0n) is 9.66. The maximum atomic E-state index is 10.0. The van der Waals surface area contributed by atoms with Crippen LogP contribution < -0.4 is 0 Å². The van der Waals surface area contributed by atoms with Crippen molar-refractivity contribution in [1.29, 1.82) is 0 Å². The molecule has 0 spiro atoms. The third-order valence-electron chi connectivity index (χ3n) is 3.38. The van der Waals surface area contributed by atoms with Crippen molar-refractivity contribution in [3.63, 3.8) is 0 Å². The highest BCUT2D eigenvalue weighted by molar-refractivity contribution is 5.16. The lowest BCUT2D eigenvalue weighted by atomic mass is 9.99. The fourth-order valence-corrected chi connectivity index (χ4v) is 2.15. The lowest BCUT2D eigenvalue weighted by Gasteiger charge is -2.24. The van der Waals surface area contributed by atoms with E-state index in [1.54, 1.807) is 0 Å². The first kappa shape index (κ1) is 10.7. The number of nitrogens with zero attached hydrogens (tertiary/aromatic N) is 2. The van der Waals surface area contributed by atoms with Crippen LogP contribution in [0.2, 0.25) is 0 Å². The monoisotopic (exact) mass is 208 g/mol. The van der Waals surface area contributed by atoms with E-state index in [0.717, 1.165) is 19.3 Å². The molecule has 2 rings (SSSR count). The Morgan fingerprint density at radius 3 is 2.93 bits per heavy atom. The van der Waals surface area contributed by atoms with Gasteiger partial charge in [-0.15, -0.1) is 0 Å². The minimum absolute atomic E-state index is 0.605. The van der Waals surface area contributed by atoms with Gasteiger partial charge in [-0.1, -0.05) is 6.92 Å². The fraction of sp³-hybridized carbons (Fsp3) is 0.750. The van der Waals surface area contributed by atoms with Crippen LogP contribution in [0.1, 0.15) is 44.5 Å². The molecule has 3 heteroatoms. The van der Waals surface area contributed by atoms with E-state index in [1.165, 1.54) is 24.2 Å². The fourth-order valence-electron chi connectivity index (χ4n) is 2.15. The summed E-state index contributed by atoms with van der Waals surface area (Å²) in [5, 5.41) is 10.0. The smallest absolute Gasteiger partial charge is 0.0952 e. The van der Waals surface area contributed by atoms with Gasteiger partial charge in [0.25, 0.3) is 0 Å². The Hall–Kier alpha value is -0.830. The molecule has 84 valence electrons. The number of aryl methyl sites for hydroxylation is 1. The number of imidazole rings is 1. The van der Waals surface area contributed by atoms with Gasteiger partial charge >= 0.3 is 0 Å².